The van der Waals surface area contributed by atoms with Crippen molar-refractivity contribution >= 4 is 11.8 Å². The molecule has 122 valence electrons. The first kappa shape index (κ1) is 16.5. The molecule has 1 aliphatic heterocycles. The second kappa shape index (κ2) is 7.95. The highest BCUT2D eigenvalue weighted by Gasteiger charge is 2.25. The van der Waals surface area contributed by atoms with Gasteiger partial charge >= 0.3 is 0 Å². The Labute approximate surface area is 141 Å². The fraction of sp³-hybridized carbons (Fsp3) is 0.368. The predicted molar refractivity (Wildman–Crippen MR) is 95.2 cm³/mol. The highest BCUT2D eigenvalue weighted by molar-refractivity contribution is 7.98. The first-order valence-electron chi connectivity index (χ1n) is 8.12. The molecule has 0 aromatic heterocycles. The molecule has 23 heavy (non-hydrogen) atoms. The molecule has 0 unspecified atom stereocenters. The summed E-state index contributed by atoms with van der Waals surface area (Å²) < 4.78 is 13.5. The average molecular weight is 330 g/mol. The maximum Gasteiger partial charge on any atom is 0.123 e. The number of nitrogens with one attached hydrogen (secondary N) is 2. The Bertz CT molecular complexity index is 633. The summed E-state index contributed by atoms with van der Waals surface area (Å²) in [5.74, 6) is -0.166. The molecule has 3 rings (SSSR count). The Morgan fingerprint density at radius 3 is 2.83 bits per heavy atom. The van der Waals surface area contributed by atoms with Crippen molar-refractivity contribution in [2.45, 2.75) is 36.4 Å². The average Bonchev–Trinajstić information content (AvgIpc) is 2.61. The largest absolute Gasteiger partial charge is 0.309 e. The fourth-order valence-corrected chi connectivity index (χ4v) is 3.84. The number of hydrogen-bond acceptors (Lipinski definition) is 3. The Kier molecular flexibility index (Phi) is 5.70. The second-order valence-corrected chi connectivity index (χ2v) is 6.78. The van der Waals surface area contributed by atoms with Crippen molar-refractivity contribution < 1.29 is 4.39 Å². The zero-order chi connectivity index (χ0) is 16.1. The van der Waals surface area contributed by atoms with Gasteiger partial charge in [-0.2, -0.15) is 0 Å². The zero-order valence-electron chi connectivity index (χ0n) is 13.4. The molecule has 4 heteroatoms. The van der Waals surface area contributed by atoms with E-state index in [-0.39, 0.29) is 5.82 Å². The topological polar surface area (TPSA) is 24.1 Å². The van der Waals surface area contributed by atoms with Gasteiger partial charge in [-0.1, -0.05) is 30.3 Å². The van der Waals surface area contributed by atoms with E-state index in [4.69, 9.17) is 0 Å². The first-order valence-corrected chi connectivity index (χ1v) is 9.34. The molecule has 1 fully saturated rings. The predicted octanol–water partition coefficient (Wildman–Crippen LogP) is 4.13. The van der Waals surface area contributed by atoms with Crippen LogP contribution in [0.3, 0.4) is 0 Å². The van der Waals surface area contributed by atoms with Gasteiger partial charge in [0.15, 0.2) is 0 Å². The van der Waals surface area contributed by atoms with Crippen molar-refractivity contribution in [3.63, 3.8) is 0 Å². The van der Waals surface area contributed by atoms with Crippen LogP contribution in [-0.4, -0.2) is 18.8 Å². The van der Waals surface area contributed by atoms with Crippen molar-refractivity contribution in [2.24, 2.45) is 0 Å². The van der Waals surface area contributed by atoms with Gasteiger partial charge in [0.25, 0.3) is 0 Å². The van der Waals surface area contributed by atoms with Crippen LogP contribution in [0.2, 0.25) is 0 Å². The zero-order valence-corrected chi connectivity index (χ0v) is 14.2. The molecule has 0 spiro atoms. The Morgan fingerprint density at radius 1 is 1.22 bits per heavy atom. The van der Waals surface area contributed by atoms with E-state index in [0.717, 1.165) is 23.4 Å². The van der Waals surface area contributed by atoms with E-state index in [1.807, 2.05) is 18.4 Å². The number of halogens is 1. The number of thioether (sulfide) groups is 1. The van der Waals surface area contributed by atoms with Crippen LogP contribution in [0.5, 0.6) is 0 Å². The lowest BCUT2D eigenvalue weighted by atomic mass is 9.92. The minimum absolute atomic E-state index is 0.166. The molecule has 0 amide bonds. The number of piperidine rings is 1. The third-order valence-corrected chi connectivity index (χ3v) is 5.25. The van der Waals surface area contributed by atoms with Gasteiger partial charge in [0.05, 0.1) is 0 Å². The summed E-state index contributed by atoms with van der Waals surface area (Å²) in [6.07, 6.45) is 4.34. The quantitative estimate of drug-likeness (QED) is 0.806. The Balaban J connectivity index is 1.72. The van der Waals surface area contributed by atoms with Crippen molar-refractivity contribution in [2.75, 3.05) is 12.8 Å². The van der Waals surface area contributed by atoms with E-state index in [1.165, 1.54) is 18.1 Å². The monoisotopic (exact) mass is 330 g/mol. The van der Waals surface area contributed by atoms with Crippen LogP contribution in [0.25, 0.3) is 0 Å². The lowest BCUT2D eigenvalue weighted by molar-refractivity contribution is 0.304. The van der Waals surface area contributed by atoms with Gasteiger partial charge < -0.3 is 10.6 Å². The highest BCUT2D eigenvalue weighted by Crippen LogP contribution is 2.25. The van der Waals surface area contributed by atoms with Gasteiger partial charge in [0.1, 0.15) is 5.82 Å². The third-order valence-electron chi connectivity index (χ3n) is 4.41. The molecule has 0 bridgehead atoms. The minimum Gasteiger partial charge on any atom is -0.309 e. The molecule has 2 aromatic carbocycles. The lowest BCUT2D eigenvalue weighted by Crippen LogP contribution is -2.45. The fourth-order valence-electron chi connectivity index (χ4n) is 3.25. The molecule has 0 aliphatic carbocycles. The van der Waals surface area contributed by atoms with Crippen LogP contribution >= 0.6 is 11.8 Å². The number of benzene rings is 2. The molecule has 2 N–H and O–H groups in total. The van der Waals surface area contributed by atoms with Crippen molar-refractivity contribution in [1.82, 2.24) is 10.6 Å². The standard InChI is InChI=1S/C19H23FN2S/c1-23-18-10-9-16(20)12-15(18)13-22-17-8-5-11-21-19(17)14-6-3-2-4-7-14/h2-4,6-7,9-10,12,17,19,21-22H,5,8,11,13H2,1H3/t17-,19-/m0/s1. The summed E-state index contributed by atoms with van der Waals surface area (Å²) >= 11 is 1.67. The molecule has 0 radical (unpaired) electrons. The molecular weight excluding hydrogens is 307 g/mol. The van der Waals surface area contributed by atoms with Crippen LogP contribution in [0.15, 0.2) is 53.4 Å². The normalized spacial score (nSPS) is 21.3. The number of rotatable bonds is 5. The summed E-state index contributed by atoms with van der Waals surface area (Å²) in [4.78, 5) is 1.14. The van der Waals surface area contributed by atoms with Crippen LogP contribution in [-0.2, 0) is 6.54 Å². The van der Waals surface area contributed by atoms with Crippen LogP contribution < -0.4 is 10.6 Å². The van der Waals surface area contributed by atoms with Crippen molar-refractivity contribution in [3.05, 3.63) is 65.5 Å². The molecule has 2 aromatic rings. The molecule has 2 atom stereocenters. The SMILES string of the molecule is CSc1ccc(F)cc1CN[C@H]1CCCN[C@H]1c1ccccc1. The van der Waals surface area contributed by atoms with Crippen molar-refractivity contribution in [1.29, 1.82) is 0 Å². The van der Waals surface area contributed by atoms with Gasteiger partial charge in [0, 0.05) is 23.5 Å². The summed E-state index contributed by atoms with van der Waals surface area (Å²) in [5.41, 5.74) is 2.35. The molecule has 1 aliphatic rings. The highest BCUT2D eigenvalue weighted by atomic mass is 32.2. The summed E-state index contributed by atoms with van der Waals surface area (Å²) in [6.45, 7) is 1.75. The van der Waals surface area contributed by atoms with Gasteiger partial charge in [0.2, 0.25) is 0 Å². The maximum atomic E-state index is 13.5. The molecule has 0 saturated carbocycles. The Hall–Kier alpha value is -1.36. The first-order chi connectivity index (χ1) is 11.3. The Morgan fingerprint density at radius 2 is 2.04 bits per heavy atom. The van der Waals surface area contributed by atoms with Crippen LogP contribution in [0.1, 0.15) is 30.0 Å². The van der Waals surface area contributed by atoms with E-state index in [0.29, 0.717) is 18.6 Å². The van der Waals surface area contributed by atoms with E-state index in [2.05, 4.69) is 34.9 Å². The van der Waals surface area contributed by atoms with Crippen LogP contribution in [0, 0.1) is 5.82 Å². The smallest absolute Gasteiger partial charge is 0.123 e. The summed E-state index contributed by atoms with van der Waals surface area (Å²) in [6, 6.07) is 16.3. The molecule has 2 nitrogen and oxygen atoms in total. The van der Waals surface area contributed by atoms with Gasteiger partial charge in [-0.05, 0) is 55.0 Å². The number of hydrogen-bond donors (Lipinski definition) is 2. The van der Waals surface area contributed by atoms with E-state index in [9.17, 15) is 4.39 Å². The van der Waals surface area contributed by atoms with Crippen LogP contribution in [0.4, 0.5) is 4.39 Å². The summed E-state index contributed by atoms with van der Waals surface area (Å²) in [7, 11) is 0. The van der Waals surface area contributed by atoms with E-state index < -0.39 is 0 Å². The van der Waals surface area contributed by atoms with Gasteiger partial charge in [-0.15, -0.1) is 11.8 Å². The van der Waals surface area contributed by atoms with Gasteiger partial charge in [-0.25, -0.2) is 4.39 Å². The second-order valence-electron chi connectivity index (χ2n) is 5.93. The molecule has 1 saturated heterocycles. The van der Waals surface area contributed by atoms with E-state index in [1.54, 1.807) is 17.8 Å². The maximum absolute atomic E-state index is 13.5. The van der Waals surface area contributed by atoms with Gasteiger partial charge in [-0.3, -0.25) is 0 Å². The van der Waals surface area contributed by atoms with Crippen molar-refractivity contribution in [3.8, 4) is 0 Å². The summed E-state index contributed by atoms with van der Waals surface area (Å²) in [5, 5.41) is 7.27. The lowest BCUT2D eigenvalue weighted by Gasteiger charge is -2.34. The van der Waals surface area contributed by atoms with E-state index >= 15 is 0 Å². The molecule has 1 heterocycles. The molecular formula is C19H23FN2S. The third kappa shape index (κ3) is 4.14. The minimum atomic E-state index is -0.166.